The number of halogens is 1. The third-order valence-electron chi connectivity index (χ3n) is 2.90. The maximum Gasteiger partial charge on any atom is 0.255 e. The maximum absolute atomic E-state index is 12.2. The van der Waals surface area contributed by atoms with Gasteiger partial charge in [-0.15, -0.1) is 12.4 Å². The van der Waals surface area contributed by atoms with Crippen molar-refractivity contribution in [3.63, 3.8) is 0 Å². The lowest BCUT2D eigenvalue weighted by atomic mass is 10.2. The number of nitrogens with one attached hydrogen (secondary N) is 2. The summed E-state index contributed by atoms with van der Waals surface area (Å²) >= 11 is 0. The Bertz CT molecular complexity index is 618. The van der Waals surface area contributed by atoms with Gasteiger partial charge in [0.2, 0.25) is 11.7 Å². The minimum absolute atomic E-state index is 0. The first-order valence-corrected chi connectivity index (χ1v) is 7.20. The van der Waals surface area contributed by atoms with Gasteiger partial charge in [-0.05, 0) is 18.7 Å². The number of carbonyl (C=O) groups excluding carboxylic acids is 1. The largest absolute Gasteiger partial charge is 0.485 e. The first-order valence-electron chi connectivity index (χ1n) is 7.20. The highest BCUT2D eigenvalue weighted by molar-refractivity contribution is 5.96. The Morgan fingerprint density at radius 3 is 2.78 bits per heavy atom. The summed E-state index contributed by atoms with van der Waals surface area (Å²) in [6.45, 7) is 6.05. The Morgan fingerprint density at radius 2 is 2.09 bits per heavy atom. The molecule has 7 nitrogen and oxygen atoms in total. The Kier molecular flexibility index (Phi) is 8.07. The van der Waals surface area contributed by atoms with E-state index in [9.17, 15) is 4.79 Å². The van der Waals surface area contributed by atoms with Crippen LogP contribution in [0.25, 0.3) is 0 Å². The van der Waals surface area contributed by atoms with Crippen molar-refractivity contribution in [1.82, 2.24) is 20.8 Å². The number of aromatic nitrogens is 2. The molecule has 0 saturated carbocycles. The van der Waals surface area contributed by atoms with E-state index >= 15 is 0 Å². The van der Waals surface area contributed by atoms with Crippen LogP contribution in [0.3, 0.4) is 0 Å². The van der Waals surface area contributed by atoms with Gasteiger partial charge >= 0.3 is 0 Å². The van der Waals surface area contributed by atoms with Crippen LogP contribution in [0.4, 0.5) is 0 Å². The smallest absolute Gasteiger partial charge is 0.255 e. The van der Waals surface area contributed by atoms with Crippen LogP contribution in [-0.4, -0.2) is 35.7 Å². The number of rotatable bonds is 8. The topological polar surface area (TPSA) is 89.3 Å². The van der Waals surface area contributed by atoms with Crippen molar-refractivity contribution in [2.24, 2.45) is 0 Å². The molecule has 1 aromatic heterocycles. The molecule has 1 heterocycles. The van der Waals surface area contributed by atoms with Crippen molar-refractivity contribution in [3.05, 3.63) is 41.5 Å². The second-order valence-corrected chi connectivity index (χ2v) is 4.62. The molecule has 2 aromatic rings. The van der Waals surface area contributed by atoms with E-state index in [1.807, 2.05) is 13.0 Å². The van der Waals surface area contributed by atoms with E-state index in [1.54, 1.807) is 25.1 Å². The molecule has 0 atom stereocenters. The van der Waals surface area contributed by atoms with Crippen LogP contribution in [0.2, 0.25) is 0 Å². The monoisotopic (exact) mass is 340 g/mol. The molecule has 0 spiro atoms. The lowest BCUT2D eigenvalue weighted by Crippen LogP contribution is -2.31. The average Bonchev–Trinajstić information content (AvgIpc) is 2.95. The van der Waals surface area contributed by atoms with E-state index in [0.717, 1.165) is 13.1 Å². The number of carbonyl (C=O) groups is 1. The molecule has 126 valence electrons. The average molecular weight is 341 g/mol. The van der Waals surface area contributed by atoms with Gasteiger partial charge in [-0.2, -0.15) is 4.98 Å². The van der Waals surface area contributed by atoms with Crippen molar-refractivity contribution in [3.8, 4) is 5.75 Å². The molecular weight excluding hydrogens is 320 g/mol. The molecule has 1 aromatic carbocycles. The fourth-order valence-electron chi connectivity index (χ4n) is 1.86. The molecule has 0 fully saturated rings. The highest BCUT2D eigenvalue weighted by atomic mass is 35.5. The first-order chi connectivity index (χ1) is 10.7. The van der Waals surface area contributed by atoms with E-state index in [1.165, 1.54) is 0 Å². The maximum atomic E-state index is 12.2. The van der Waals surface area contributed by atoms with Crippen molar-refractivity contribution < 1.29 is 14.1 Å². The predicted molar refractivity (Wildman–Crippen MR) is 87.9 cm³/mol. The highest BCUT2D eigenvalue weighted by Crippen LogP contribution is 2.18. The number of amides is 1. The van der Waals surface area contributed by atoms with Crippen molar-refractivity contribution >= 4 is 18.3 Å². The predicted octanol–water partition coefficient (Wildman–Crippen LogP) is 1.72. The van der Waals surface area contributed by atoms with E-state index in [-0.39, 0.29) is 24.9 Å². The zero-order valence-electron chi connectivity index (χ0n) is 13.2. The number of benzene rings is 1. The van der Waals surface area contributed by atoms with Gasteiger partial charge in [-0.1, -0.05) is 24.2 Å². The Hall–Kier alpha value is -2.12. The highest BCUT2D eigenvalue weighted by Gasteiger charge is 2.12. The molecule has 1 amide bonds. The summed E-state index contributed by atoms with van der Waals surface area (Å²) in [6, 6.07) is 7.07. The van der Waals surface area contributed by atoms with Crippen LogP contribution in [0.1, 0.15) is 29.0 Å². The summed E-state index contributed by atoms with van der Waals surface area (Å²) in [5.41, 5.74) is 0.485. The normalized spacial score (nSPS) is 10.0. The quantitative estimate of drug-likeness (QED) is 0.711. The van der Waals surface area contributed by atoms with Crippen LogP contribution in [0.15, 0.2) is 28.8 Å². The second-order valence-electron chi connectivity index (χ2n) is 4.62. The Morgan fingerprint density at radius 1 is 1.30 bits per heavy atom. The summed E-state index contributed by atoms with van der Waals surface area (Å²) in [5, 5.41) is 9.75. The Balaban J connectivity index is 0.00000264. The molecule has 2 rings (SSSR count). The molecule has 0 bridgehead atoms. The third-order valence-corrected chi connectivity index (χ3v) is 2.90. The van der Waals surface area contributed by atoms with Gasteiger partial charge in [0.1, 0.15) is 5.75 Å². The summed E-state index contributed by atoms with van der Waals surface area (Å²) in [6.07, 6.45) is 0. The van der Waals surface area contributed by atoms with Gasteiger partial charge in [-0.25, -0.2) is 0 Å². The van der Waals surface area contributed by atoms with Crippen molar-refractivity contribution in [2.45, 2.75) is 20.5 Å². The van der Waals surface area contributed by atoms with E-state index in [4.69, 9.17) is 9.26 Å². The molecule has 0 saturated heterocycles. The number of aryl methyl sites for hydroxylation is 1. The van der Waals surface area contributed by atoms with Crippen molar-refractivity contribution in [2.75, 3.05) is 19.6 Å². The molecular formula is C15H21ClN4O3. The van der Waals surface area contributed by atoms with Gasteiger partial charge in [0.25, 0.3) is 5.91 Å². The van der Waals surface area contributed by atoms with E-state index in [0.29, 0.717) is 29.6 Å². The van der Waals surface area contributed by atoms with Crippen LogP contribution in [-0.2, 0) is 6.61 Å². The molecule has 23 heavy (non-hydrogen) atoms. The number of hydrogen-bond donors (Lipinski definition) is 2. The number of nitrogens with zero attached hydrogens (tertiary/aromatic N) is 2. The molecule has 0 aliphatic rings. The lowest BCUT2D eigenvalue weighted by Gasteiger charge is -2.10. The van der Waals surface area contributed by atoms with Gasteiger partial charge < -0.3 is 19.9 Å². The lowest BCUT2D eigenvalue weighted by molar-refractivity contribution is 0.0949. The molecule has 0 aliphatic heterocycles. The minimum Gasteiger partial charge on any atom is -0.485 e. The van der Waals surface area contributed by atoms with Crippen LogP contribution in [0.5, 0.6) is 5.75 Å². The fourth-order valence-corrected chi connectivity index (χ4v) is 1.86. The summed E-state index contributed by atoms with van der Waals surface area (Å²) in [5.74, 6) is 1.25. The van der Waals surface area contributed by atoms with Gasteiger partial charge in [0, 0.05) is 20.0 Å². The van der Waals surface area contributed by atoms with Crippen molar-refractivity contribution in [1.29, 1.82) is 0 Å². The SMILES string of the molecule is CCNCCNC(=O)c1ccccc1OCc1noc(C)n1.Cl. The Labute approximate surface area is 141 Å². The standard InChI is InChI=1S/C15H20N4O3.ClH/c1-3-16-8-9-17-15(20)12-6-4-5-7-13(12)21-10-14-18-11(2)22-19-14;/h4-7,16H,3,8-10H2,1-2H3,(H,17,20);1H. The van der Waals surface area contributed by atoms with E-state index in [2.05, 4.69) is 20.8 Å². The van der Waals surface area contributed by atoms with Gasteiger partial charge in [0.15, 0.2) is 6.61 Å². The molecule has 8 heteroatoms. The van der Waals surface area contributed by atoms with Crippen LogP contribution in [0, 0.1) is 6.92 Å². The van der Waals surface area contributed by atoms with Crippen LogP contribution < -0.4 is 15.4 Å². The fraction of sp³-hybridized carbons (Fsp3) is 0.400. The van der Waals surface area contributed by atoms with Gasteiger partial charge in [0.05, 0.1) is 5.56 Å². The number of ether oxygens (including phenoxy) is 1. The summed E-state index contributed by atoms with van der Waals surface area (Å²) in [4.78, 5) is 16.2. The molecule has 0 radical (unpaired) electrons. The summed E-state index contributed by atoms with van der Waals surface area (Å²) in [7, 11) is 0. The third kappa shape index (κ3) is 5.88. The number of likely N-dealkylation sites (N-methyl/N-ethyl adjacent to an activating group) is 1. The number of para-hydroxylation sites is 1. The number of hydrogen-bond acceptors (Lipinski definition) is 6. The molecule has 0 unspecified atom stereocenters. The first kappa shape index (κ1) is 18.9. The van der Waals surface area contributed by atoms with Gasteiger partial charge in [-0.3, -0.25) is 4.79 Å². The zero-order chi connectivity index (χ0) is 15.8. The second kappa shape index (κ2) is 9.81. The minimum atomic E-state index is -0.169. The summed E-state index contributed by atoms with van der Waals surface area (Å²) < 4.78 is 10.5. The zero-order valence-corrected chi connectivity index (χ0v) is 14.0. The van der Waals surface area contributed by atoms with E-state index < -0.39 is 0 Å². The molecule has 0 aliphatic carbocycles. The molecule has 2 N–H and O–H groups in total. The van der Waals surface area contributed by atoms with Crippen LogP contribution >= 0.6 is 12.4 Å².